The van der Waals surface area contributed by atoms with E-state index in [2.05, 4.69) is 14.5 Å². The second kappa shape index (κ2) is 6.87. The Bertz CT molecular complexity index is 558. The van der Waals surface area contributed by atoms with Gasteiger partial charge in [-0.2, -0.15) is 13.2 Å². The fourth-order valence-electron chi connectivity index (χ4n) is 1.41. The molecule has 1 heterocycles. The van der Waals surface area contributed by atoms with Gasteiger partial charge in [-0.25, -0.2) is 4.98 Å². The summed E-state index contributed by atoms with van der Waals surface area (Å²) in [6.07, 6.45) is -10.3. The first kappa shape index (κ1) is 18.8. The second-order valence-electron chi connectivity index (χ2n) is 3.80. The highest BCUT2D eigenvalue weighted by Crippen LogP contribution is 2.40. The number of alkyl halides is 6. The van der Waals surface area contributed by atoms with E-state index in [1.165, 1.54) is 29.5 Å². The van der Waals surface area contributed by atoms with Crippen LogP contribution in [0, 0.1) is 3.57 Å². The van der Waals surface area contributed by atoms with Gasteiger partial charge in [0.05, 0.1) is 16.6 Å². The normalized spacial score (nSPS) is 12.2. The Morgan fingerprint density at radius 1 is 1.27 bits per heavy atom. The number of ether oxygens (including phenoxy) is 2. The average Bonchev–Trinajstić information content (AvgIpc) is 2.31. The lowest BCUT2D eigenvalue weighted by atomic mass is 10.2. The first-order valence-electron chi connectivity index (χ1n) is 5.61. The summed E-state index contributed by atoms with van der Waals surface area (Å²) in [6.45, 7) is 1.53. The van der Waals surface area contributed by atoms with Crippen molar-refractivity contribution in [2.24, 2.45) is 0 Å². The number of carbonyl (C=O) groups excluding carboxylic acids is 1. The van der Waals surface area contributed by atoms with Crippen molar-refractivity contribution in [3.8, 4) is 5.75 Å². The van der Waals surface area contributed by atoms with Crippen molar-refractivity contribution in [1.29, 1.82) is 0 Å². The summed E-state index contributed by atoms with van der Waals surface area (Å²) in [7, 11) is 0. The van der Waals surface area contributed by atoms with Gasteiger partial charge in [-0.1, -0.05) is 0 Å². The molecule has 124 valence electrons. The maximum absolute atomic E-state index is 12.7. The summed E-state index contributed by atoms with van der Waals surface area (Å²) in [5, 5.41) is 0. The second-order valence-corrected chi connectivity index (χ2v) is 4.88. The Hall–Kier alpha value is -1.27. The molecule has 1 aromatic rings. The third-order valence-corrected chi connectivity index (χ3v) is 3.35. The van der Waals surface area contributed by atoms with E-state index >= 15 is 0 Å². The zero-order valence-corrected chi connectivity index (χ0v) is 13.0. The van der Waals surface area contributed by atoms with E-state index < -0.39 is 39.9 Å². The van der Waals surface area contributed by atoms with Crippen LogP contribution in [0.5, 0.6) is 5.75 Å². The van der Waals surface area contributed by atoms with Crippen LogP contribution in [-0.2, 0) is 22.1 Å². The number of aromatic nitrogens is 1. The van der Waals surface area contributed by atoms with Gasteiger partial charge in [-0.05, 0) is 35.1 Å². The van der Waals surface area contributed by atoms with Crippen molar-refractivity contribution in [1.82, 2.24) is 4.98 Å². The fourth-order valence-corrected chi connectivity index (χ4v) is 2.10. The molecule has 0 atom stereocenters. The molecular weight excluding hydrogens is 435 g/mol. The van der Waals surface area contributed by atoms with Gasteiger partial charge in [-0.15, -0.1) is 13.2 Å². The van der Waals surface area contributed by atoms with Gasteiger partial charge in [0.1, 0.15) is 0 Å². The molecule has 4 nitrogen and oxygen atoms in total. The summed E-state index contributed by atoms with van der Waals surface area (Å²) in [5.41, 5.74) is -1.98. The fraction of sp³-hybridized carbons (Fsp3) is 0.455. The Balaban J connectivity index is 3.30. The van der Waals surface area contributed by atoms with Gasteiger partial charge in [0, 0.05) is 6.20 Å². The number of hydrogen-bond acceptors (Lipinski definition) is 4. The lowest BCUT2D eigenvalue weighted by molar-refractivity contribution is -0.276. The molecule has 0 N–H and O–H groups in total. The molecule has 0 aliphatic carbocycles. The molecular formula is C11H8F6INO3. The first-order chi connectivity index (χ1) is 9.95. The third-order valence-electron chi connectivity index (χ3n) is 2.17. The highest BCUT2D eigenvalue weighted by Gasteiger charge is 2.42. The van der Waals surface area contributed by atoms with Gasteiger partial charge in [0.15, 0.2) is 11.4 Å². The number of halogens is 7. The standard InChI is InChI=1S/C11H8F6INO3/c1-2-21-6(20)3-5-4-19-9(10(12,13)14)8(7(5)18)22-11(15,16)17/h4H,2-3H2,1H3. The zero-order valence-electron chi connectivity index (χ0n) is 10.8. The molecule has 11 heteroatoms. The first-order valence-corrected chi connectivity index (χ1v) is 6.69. The molecule has 22 heavy (non-hydrogen) atoms. The topological polar surface area (TPSA) is 48.4 Å². The molecule has 0 spiro atoms. The maximum Gasteiger partial charge on any atom is 0.573 e. The van der Waals surface area contributed by atoms with Crippen molar-refractivity contribution in [3.63, 3.8) is 0 Å². The molecule has 0 saturated carbocycles. The van der Waals surface area contributed by atoms with Crippen LogP contribution in [0.1, 0.15) is 18.2 Å². The largest absolute Gasteiger partial charge is 0.573 e. The van der Waals surface area contributed by atoms with E-state index in [0.717, 1.165) is 0 Å². The molecule has 0 aliphatic heterocycles. The lowest BCUT2D eigenvalue weighted by Gasteiger charge is -2.17. The molecule has 0 radical (unpaired) electrons. The summed E-state index contributed by atoms with van der Waals surface area (Å²) < 4.78 is 82.5. The van der Waals surface area contributed by atoms with E-state index in [-0.39, 0.29) is 12.2 Å². The number of esters is 1. The van der Waals surface area contributed by atoms with E-state index in [9.17, 15) is 31.1 Å². The molecule has 0 unspecified atom stereocenters. The van der Waals surface area contributed by atoms with E-state index in [1.807, 2.05) is 0 Å². The molecule has 0 bridgehead atoms. The summed E-state index contributed by atoms with van der Waals surface area (Å²) in [4.78, 5) is 14.2. The SMILES string of the molecule is CCOC(=O)Cc1cnc(C(F)(F)F)c(OC(F)(F)F)c1I. The van der Waals surface area contributed by atoms with Gasteiger partial charge in [-0.3, -0.25) is 4.79 Å². The molecule has 1 rings (SSSR count). The third kappa shape index (κ3) is 5.18. The Morgan fingerprint density at radius 2 is 1.86 bits per heavy atom. The predicted molar refractivity (Wildman–Crippen MR) is 69.0 cm³/mol. The highest BCUT2D eigenvalue weighted by molar-refractivity contribution is 14.1. The zero-order chi connectivity index (χ0) is 17.1. The van der Waals surface area contributed by atoms with Crippen molar-refractivity contribution in [3.05, 3.63) is 21.0 Å². The molecule has 1 aromatic heterocycles. The van der Waals surface area contributed by atoms with Crippen LogP contribution in [0.25, 0.3) is 0 Å². The number of nitrogens with zero attached hydrogens (tertiary/aromatic N) is 1. The minimum atomic E-state index is -5.33. The Morgan fingerprint density at radius 3 is 2.32 bits per heavy atom. The molecule has 0 saturated heterocycles. The van der Waals surface area contributed by atoms with E-state index in [1.54, 1.807) is 0 Å². The van der Waals surface area contributed by atoms with Gasteiger partial charge < -0.3 is 9.47 Å². The van der Waals surface area contributed by atoms with Gasteiger partial charge in [0.2, 0.25) is 0 Å². The Labute approximate surface area is 133 Å². The van der Waals surface area contributed by atoms with Crippen LogP contribution < -0.4 is 4.74 Å². The minimum Gasteiger partial charge on any atom is -0.466 e. The predicted octanol–water partition coefficient (Wildman–Crippen LogP) is 3.71. The summed E-state index contributed by atoms with van der Waals surface area (Å²) >= 11 is 1.24. The summed E-state index contributed by atoms with van der Waals surface area (Å²) in [6, 6.07) is 0. The van der Waals surface area contributed by atoms with Gasteiger partial charge in [0.25, 0.3) is 0 Å². The van der Waals surface area contributed by atoms with Crippen LogP contribution in [-0.4, -0.2) is 23.9 Å². The van der Waals surface area contributed by atoms with Crippen LogP contribution >= 0.6 is 22.6 Å². The maximum atomic E-state index is 12.7. The van der Waals surface area contributed by atoms with Gasteiger partial charge >= 0.3 is 18.5 Å². The summed E-state index contributed by atoms with van der Waals surface area (Å²) in [5.74, 6) is -2.29. The van der Waals surface area contributed by atoms with Crippen LogP contribution in [0.15, 0.2) is 6.20 Å². The van der Waals surface area contributed by atoms with Crippen molar-refractivity contribution in [2.75, 3.05) is 6.61 Å². The lowest BCUT2D eigenvalue weighted by Crippen LogP contribution is -2.23. The highest BCUT2D eigenvalue weighted by atomic mass is 127. The Kier molecular flexibility index (Phi) is 5.87. The number of hydrogen-bond donors (Lipinski definition) is 0. The quantitative estimate of drug-likeness (QED) is 0.405. The number of rotatable bonds is 4. The molecule has 0 aliphatic rings. The number of pyridine rings is 1. The number of carbonyl (C=O) groups is 1. The van der Waals surface area contributed by atoms with Crippen LogP contribution in [0.2, 0.25) is 0 Å². The monoisotopic (exact) mass is 443 g/mol. The van der Waals surface area contributed by atoms with Crippen molar-refractivity contribution >= 4 is 28.6 Å². The minimum absolute atomic E-state index is 0.0232. The van der Waals surface area contributed by atoms with Crippen LogP contribution in [0.4, 0.5) is 26.3 Å². The van der Waals surface area contributed by atoms with Crippen molar-refractivity contribution in [2.45, 2.75) is 25.9 Å². The molecule has 0 amide bonds. The average molecular weight is 443 g/mol. The van der Waals surface area contributed by atoms with E-state index in [0.29, 0.717) is 6.20 Å². The van der Waals surface area contributed by atoms with E-state index in [4.69, 9.17) is 0 Å². The molecule has 0 aromatic carbocycles. The molecule has 0 fully saturated rings. The van der Waals surface area contributed by atoms with Crippen molar-refractivity contribution < 1.29 is 40.6 Å². The van der Waals surface area contributed by atoms with Crippen LogP contribution in [0.3, 0.4) is 0 Å². The smallest absolute Gasteiger partial charge is 0.466 e.